The maximum atomic E-state index is 12.5. The van der Waals surface area contributed by atoms with Crippen molar-refractivity contribution in [2.24, 2.45) is 5.92 Å². The highest BCUT2D eigenvalue weighted by Crippen LogP contribution is 2.28. The van der Waals surface area contributed by atoms with Crippen molar-refractivity contribution in [2.75, 3.05) is 18.4 Å². The Hall–Kier alpha value is -1.07. The molecule has 5 nitrogen and oxygen atoms in total. The molecule has 1 amide bonds. The maximum Gasteiger partial charge on any atom is 0.228 e. The van der Waals surface area contributed by atoms with Gasteiger partial charge in [0.25, 0.3) is 0 Å². The van der Waals surface area contributed by atoms with Crippen molar-refractivity contribution in [2.45, 2.75) is 65.3 Å². The lowest BCUT2D eigenvalue weighted by atomic mass is 9.92. The van der Waals surface area contributed by atoms with Crippen molar-refractivity contribution in [1.29, 1.82) is 0 Å². The Kier molecular flexibility index (Phi) is 6.27. The monoisotopic (exact) mass is 342 g/mol. The van der Waals surface area contributed by atoms with Gasteiger partial charge in [-0.1, -0.05) is 20.8 Å². The summed E-state index contributed by atoms with van der Waals surface area (Å²) >= 11 is 0. The minimum Gasteiger partial charge on any atom is -0.317 e. The van der Waals surface area contributed by atoms with Gasteiger partial charge >= 0.3 is 0 Å². The normalized spacial score (nSPS) is 16.8. The molecule has 0 atom stereocenters. The molecule has 2 N–H and O–H groups in total. The molecule has 132 valence electrons. The number of carbonyl (C=O) groups is 1. The van der Waals surface area contributed by atoms with E-state index in [1.807, 2.05) is 10.7 Å². The van der Waals surface area contributed by atoms with Crippen LogP contribution in [-0.4, -0.2) is 28.8 Å². The first kappa shape index (κ1) is 20.0. The molecule has 6 heteroatoms. The first-order valence-corrected chi connectivity index (χ1v) is 8.21. The van der Waals surface area contributed by atoms with Gasteiger partial charge in [0.2, 0.25) is 5.91 Å². The third-order valence-electron chi connectivity index (χ3n) is 4.07. The molecule has 1 aromatic heterocycles. The molecule has 0 unspecified atom stereocenters. The highest BCUT2D eigenvalue weighted by molar-refractivity contribution is 5.92. The first-order chi connectivity index (χ1) is 10.1. The number of halogens is 1. The van der Waals surface area contributed by atoms with Crippen molar-refractivity contribution >= 4 is 24.1 Å². The number of piperidine rings is 1. The van der Waals surface area contributed by atoms with E-state index >= 15 is 0 Å². The average Bonchev–Trinajstić information content (AvgIpc) is 2.83. The number of nitrogens with zero attached hydrogens (tertiary/aromatic N) is 2. The van der Waals surface area contributed by atoms with E-state index in [4.69, 9.17) is 5.10 Å². The maximum absolute atomic E-state index is 12.5. The fraction of sp³-hybridized carbons (Fsp3) is 0.765. The van der Waals surface area contributed by atoms with Crippen LogP contribution in [0.2, 0.25) is 0 Å². The number of rotatable bonds is 2. The molecule has 0 radical (unpaired) electrons. The molecule has 1 fully saturated rings. The van der Waals surface area contributed by atoms with Crippen LogP contribution in [0, 0.1) is 5.92 Å². The fourth-order valence-electron chi connectivity index (χ4n) is 2.66. The quantitative estimate of drug-likeness (QED) is 0.867. The van der Waals surface area contributed by atoms with Crippen LogP contribution in [0.1, 0.15) is 60.1 Å². The van der Waals surface area contributed by atoms with E-state index in [1.54, 1.807) is 0 Å². The highest BCUT2D eigenvalue weighted by Gasteiger charge is 2.27. The molecule has 1 aromatic rings. The van der Waals surface area contributed by atoms with Crippen LogP contribution in [0.4, 0.5) is 5.82 Å². The summed E-state index contributed by atoms with van der Waals surface area (Å²) in [6.07, 6.45) is 1.81. The van der Waals surface area contributed by atoms with Crippen LogP contribution in [0.25, 0.3) is 0 Å². The van der Waals surface area contributed by atoms with Crippen LogP contribution in [0.5, 0.6) is 0 Å². The number of anilines is 1. The minimum absolute atomic E-state index is 0. The lowest BCUT2D eigenvalue weighted by Gasteiger charge is -2.25. The summed E-state index contributed by atoms with van der Waals surface area (Å²) < 4.78 is 1.94. The summed E-state index contributed by atoms with van der Waals surface area (Å²) in [5, 5.41) is 11.1. The van der Waals surface area contributed by atoms with Crippen molar-refractivity contribution in [3.63, 3.8) is 0 Å². The van der Waals surface area contributed by atoms with E-state index in [-0.39, 0.29) is 35.2 Å². The van der Waals surface area contributed by atoms with Crippen molar-refractivity contribution in [3.8, 4) is 0 Å². The smallest absolute Gasteiger partial charge is 0.228 e. The van der Waals surface area contributed by atoms with Crippen LogP contribution in [0.15, 0.2) is 6.07 Å². The van der Waals surface area contributed by atoms with Gasteiger partial charge in [-0.25, -0.2) is 4.68 Å². The zero-order valence-electron chi connectivity index (χ0n) is 15.2. The lowest BCUT2D eigenvalue weighted by Crippen LogP contribution is -2.35. The SMILES string of the molecule is CC(C)(C)c1cc(NC(=O)C2CCNCC2)n(C(C)(C)C)n1.Cl. The topological polar surface area (TPSA) is 59.0 Å². The number of hydrogen-bond donors (Lipinski definition) is 2. The van der Waals surface area contributed by atoms with Crippen molar-refractivity contribution in [1.82, 2.24) is 15.1 Å². The lowest BCUT2D eigenvalue weighted by molar-refractivity contribution is -0.120. The Balaban J connectivity index is 0.00000264. The number of aromatic nitrogens is 2. The molecule has 23 heavy (non-hydrogen) atoms. The van der Waals surface area contributed by atoms with Crippen LogP contribution >= 0.6 is 12.4 Å². The molecule has 1 aliphatic rings. The Bertz CT molecular complexity index is 534. The predicted octanol–water partition coefficient (Wildman–Crippen LogP) is 3.30. The Morgan fingerprint density at radius 3 is 2.26 bits per heavy atom. The third kappa shape index (κ3) is 4.95. The summed E-state index contributed by atoms with van der Waals surface area (Å²) in [5.74, 6) is 1.02. The van der Waals surface area contributed by atoms with Gasteiger partial charge in [-0.2, -0.15) is 5.10 Å². The van der Waals surface area contributed by atoms with E-state index in [0.29, 0.717) is 0 Å². The van der Waals surface area contributed by atoms with Gasteiger partial charge in [0.05, 0.1) is 11.2 Å². The van der Waals surface area contributed by atoms with E-state index in [0.717, 1.165) is 37.4 Å². The van der Waals surface area contributed by atoms with Gasteiger partial charge in [-0.15, -0.1) is 12.4 Å². The van der Waals surface area contributed by atoms with Crippen LogP contribution < -0.4 is 10.6 Å². The molecule has 0 bridgehead atoms. The van der Waals surface area contributed by atoms with Crippen molar-refractivity contribution in [3.05, 3.63) is 11.8 Å². The molecule has 0 saturated carbocycles. The molecule has 0 aliphatic carbocycles. The zero-order chi connectivity index (χ0) is 16.5. The second-order valence-electron chi connectivity index (χ2n) is 8.26. The van der Waals surface area contributed by atoms with Crippen molar-refractivity contribution < 1.29 is 4.79 Å². The molecular weight excluding hydrogens is 312 g/mol. The van der Waals surface area contributed by atoms with Crippen LogP contribution in [-0.2, 0) is 15.7 Å². The van der Waals surface area contributed by atoms with Gasteiger partial charge in [-0.05, 0) is 46.7 Å². The zero-order valence-corrected chi connectivity index (χ0v) is 16.0. The summed E-state index contributed by atoms with van der Waals surface area (Å²) in [7, 11) is 0. The molecule has 2 heterocycles. The first-order valence-electron chi connectivity index (χ1n) is 8.21. The van der Waals surface area contributed by atoms with E-state index < -0.39 is 0 Å². The molecular formula is C17H31ClN4O. The Morgan fingerprint density at radius 2 is 1.78 bits per heavy atom. The van der Waals surface area contributed by atoms with Gasteiger partial charge < -0.3 is 10.6 Å². The number of hydrogen-bond acceptors (Lipinski definition) is 3. The van der Waals surface area contributed by atoms with Gasteiger partial charge in [0, 0.05) is 17.4 Å². The second-order valence-corrected chi connectivity index (χ2v) is 8.26. The molecule has 2 rings (SSSR count). The predicted molar refractivity (Wildman–Crippen MR) is 97.4 cm³/mol. The summed E-state index contributed by atoms with van der Waals surface area (Å²) in [6.45, 7) is 14.6. The summed E-state index contributed by atoms with van der Waals surface area (Å²) in [6, 6.07) is 2.02. The number of amides is 1. The standard InChI is InChI=1S/C17H30N4O.ClH/c1-16(2,3)13-11-14(21(20-13)17(4,5)6)19-15(22)12-7-9-18-10-8-12;/h11-12,18H,7-10H2,1-6H3,(H,19,22);1H. The molecule has 1 saturated heterocycles. The van der Waals surface area contributed by atoms with Gasteiger partial charge in [0.1, 0.15) is 5.82 Å². The fourth-order valence-corrected chi connectivity index (χ4v) is 2.66. The number of nitrogens with one attached hydrogen (secondary N) is 2. The van der Waals surface area contributed by atoms with E-state index in [9.17, 15) is 4.79 Å². The highest BCUT2D eigenvalue weighted by atomic mass is 35.5. The Morgan fingerprint density at radius 1 is 1.22 bits per heavy atom. The third-order valence-corrected chi connectivity index (χ3v) is 4.07. The van der Waals surface area contributed by atoms with Gasteiger partial charge in [-0.3, -0.25) is 4.79 Å². The average molecular weight is 343 g/mol. The van der Waals surface area contributed by atoms with Crippen LogP contribution in [0.3, 0.4) is 0 Å². The number of carbonyl (C=O) groups excluding carboxylic acids is 1. The van der Waals surface area contributed by atoms with E-state index in [2.05, 4.69) is 52.2 Å². The molecule has 1 aliphatic heterocycles. The molecule has 0 spiro atoms. The summed E-state index contributed by atoms with van der Waals surface area (Å²) in [5.41, 5.74) is 0.799. The second kappa shape index (κ2) is 7.22. The largest absolute Gasteiger partial charge is 0.317 e. The Labute approximate surface area is 146 Å². The van der Waals surface area contributed by atoms with E-state index in [1.165, 1.54) is 0 Å². The molecule has 0 aromatic carbocycles. The van der Waals surface area contributed by atoms with Gasteiger partial charge in [0.15, 0.2) is 0 Å². The summed E-state index contributed by atoms with van der Waals surface area (Å²) in [4.78, 5) is 12.5. The minimum atomic E-state index is -0.166.